The third kappa shape index (κ3) is 3.12. The van der Waals surface area contributed by atoms with Gasteiger partial charge in [0.1, 0.15) is 12.1 Å². The van der Waals surface area contributed by atoms with E-state index in [4.69, 9.17) is 0 Å². The highest BCUT2D eigenvalue weighted by Crippen LogP contribution is 2.33. The fraction of sp³-hybridized carbons (Fsp3) is 0.364. The number of hydrogen-bond donors (Lipinski definition) is 0. The van der Waals surface area contributed by atoms with Crippen molar-refractivity contribution < 1.29 is 9.59 Å². The van der Waals surface area contributed by atoms with Crippen LogP contribution >= 0.6 is 0 Å². The Morgan fingerprint density at radius 3 is 1.27 bits per heavy atom. The topological polar surface area (TPSA) is 40.6 Å². The van der Waals surface area contributed by atoms with Crippen molar-refractivity contribution >= 4 is 11.8 Å². The molecule has 0 radical (unpaired) electrons. The normalized spacial score (nSPS) is 23.1. The average molecular weight is 350 g/mol. The molecule has 0 bridgehead atoms. The van der Waals surface area contributed by atoms with Crippen LogP contribution in [0.2, 0.25) is 0 Å². The van der Waals surface area contributed by atoms with E-state index in [2.05, 4.69) is 0 Å². The molecule has 1 fully saturated rings. The van der Waals surface area contributed by atoms with Gasteiger partial charge in [0.05, 0.1) is 12.1 Å². The van der Waals surface area contributed by atoms with E-state index in [1.54, 1.807) is 9.80 Å². The van der Waals surface area contributed by atoms with E-state index in [-0.39, 0.29) is 23.9 Å². The Morgan fingerprint density at radius 2 is 0.962 bits per heavy atom. The molecule has 4 nitrogen and oxygen atoms in total. The second-order valence-electron chi connectivity index (χ2n) is 7.02. The van der Waals surface area contributed by atoms with Crippen LogP contribution in [0.4, 0.5) is 0 Å². The maximum Gasteiger partial charge on any atom is 0.246 e. The van der Waals surface area contributed by atoms with Crippen LogP contribution in [-0.2, 0) is 9.59 Å². The Hall–Kier alpha value is -2.62. The SMILES string of the molecule is C[C@@H]1C(=O)N([C@@H](C)c2ccccc2)[C@H](C)C(=O)N1[C@@H](C)c1ccccc1. The number of nitrogens with zero attached hydrogens (tertiary/aromatic N) is 2. The third-order valence-corrected chi connectivity index (χ3v) is 5.46. The van der Waals surface area contributed by atoms with Gasteiger partial charge in [-0.15, -0.1) is 0 Å². The molecule has 1 aliphatic rings. The fourth-order valence-corrected chi connectivity index (χ4v) is 3.89. The molecule has 2 amide bonds. The first-order chi connectivity index (χ1) is 12.4. The summed E-state index contributed by atoms with van der Waals surface area (Å²) in [6.07, 6.45) is 0. The van der Waals surface area contributed by atoms with Crippen molar-refractivity contribution in [1.82, 2.24) is 9.80 Å². The van der Waals surface area contributed by atoms with E-state index in [0.29, 0.717) is 0 Å². The second kappa shape index (κ2) is 7.32. The molecule has 0 aromatic heterocycles. The highest BCUT2D eigenvalue weighted by Gasteiger charge is 2.45. The van der Waals surface area contributed by atoms with Crippen LogP contribution in [0.25, 0.3) is 0 Å². The summed E-state index contributed by atoms with van der Waals surface area (Å²) in [6, 6.07) is 18.5. The molecule has 4 atom stereocenters. The largest absolute Gasteiger partial charge is 0.322 e. The molecule has 0 N–H and O–H groups in total. The van der Waals surface area contributed by atoms with E-state index in [1.165, 1.54) is 0 Å². The lowest BCUT2D eigenvalue weighted by Crippen LogP contribution is -2.63. The van der Waals surface area contributed by atoms with Gasteiger partial charge >= 0.3 is 0 Å². The summed E-state index contributed by atoms with van der Waals surface area (Å²) in [7, 11) is 0. The van der Waals surface area contributed by atoms with E-state index in [1.807, 2.05) is 88.4 Å². The zero-order valence-electron chi connectivity index (χ0n) is 15.8. The molecule has 26 heavy (non-hydrogen) atoms. The summed E-state index contributed by atoms with van der Waals surface area (Å²) in [5, 5.41) is 0. The smallest absolute Gasteiger partial charge is 0.246 e. The monoisotopic (exact) mass is 350 g/mol. The van der Waals surface area contributed by atoms with Crippen molar-refractivity contribution in [2.75, 3.05) is 0 Å². The van der Waals surface area contributed by atoms with Gasteiger partial charge < -0.3 is 9.80 Å². The highest BCUT2D eigenvalue weighted by atomic mass is 16.2. The quantitative estimate of drug-likeness (QED) is 0.837. The summed E-state index contributed by atoms with van der Waals surface area (Å²) >= 11 is 0. The van der Waals surface area contributed by atoms with Gasteiger partial charge in [0.25, 0.3) is 0 Å². The molecule has 0 aliphatic carbocycles. The second-order valence-corrected chi connectivity index (χ2v) is 7.02. The molecule has 136 valence electrons. The summed E-state index contributed by atoms with van der Waals surface area (Å²) in [4.78, 5) is 29.8. The number of carbonyl (C=O) groups is 2. The first kappa shape index (κ1) is 18.2. The highest BCUT2D eigenvalue weighted by molar-refractivity contribution is 5.97. The lowest BCUT2D eigenvalue weighted by molar-refractivity contribution is -0.165. The first-order valence-electron chi connectivity index (χ1n) is 9.17. The summed E-state index contributed by atoms with van der Waals surface area (Å²) in [6.45, 7) is 7.63. The molecule has 2 aromatic rings. The number of benzene rings is 2. The molecule has 2 aromatic carbocycles. The Morgan fingerprint density at radius 1 is 0.654 bits per heavy atom. The van der Waals surface area contributed by atoms with Gasteiger partial charge in [-0.25, -0.2) is 0 Å². The Labute approximate surface area is 155 Å². The molecule has 1 saturated heterocycles. The Kier molecular flexibility index (Phi) is 5.12. The molecule has 4 heteroatoms. The summed E-state index contributed by atoms with van der Waals surface area (Å²) in [5.74, 6) is -0.00697. The fourth-order valence-electron chi connectivity index (χ4n) is 3.89. The Balaban J connectivity index is 1.89. The number of piperazine rings is 1. The van der Waals surface area contributed by atoms with Crippen LogP contribution < -0.4 is 0 Å². The van der Waals surface area contributed by atoms with Crippen molar-refractivity contribution in [3.8, 4) is 0 Å². The van der Waals surface area contributed by atoms with Gasteiger partial charge in [0.15, 0.2) is 0 Å². The van der Waals surface area contributed by atoms with Crippen molar-refractivity contribution in [2.45, 2.75) is 51.9 Å². The lowest BCUT2D eigenvalue weighted by atomic mass is 9.96. The molecular weight excluding hydrogens is 324 g/mol. The minimum Gasteiger partial charge on any atom is -0.322 e. The minimum absolute atomic E-state index is 0.00349. The lowest BCUT2D eigenvalue weighted by Gasteiger charge is -2.47. The predicted molar refractivity (Wildman–Crippen MR) is 102 cm³/mol. The van der Waals surface area contributed by atoms with Gasteiger partial charge in [-0.3, -0.25) is 9.59 Å². The molecule has 0 spiro atoms. The first-order valence-corrected chi connectivity index (χ1v) is 9.17. The zero-order chi connectivity index (χ0) is 18.8. The molecule has 0 saturated carbocycles. The van der Waals surface area contributed by atoms with Gasteiger partial charge in [-0.2, -0.15) is 0 Å². The molecule has 1 heterocycles. The number of hydrogen-bond acceptors (Lipinski definition) is 2. The van der Waals surface area contributed by atoms with E-state index >= 15 is 0 Å². The van der Waals surface area contributed by atoms with Crippen LogP contribution in [0.1, 0.15) is 50.9 Å². The minimum atomic E-state index is -0.486. The summed E-state index contributed by atoms with van der Waals surface area (Å²) in [5.41, 5.74) is 2.08. The number of rotatable bonds is 4. The van der Waals surface area contributed by atoms with E-state index in [9.17, 15) is 9.59 Å². The van der Waals surface area contributed by atoms with Crippen LogP contribution in [-0.4, -0.2) is 33.7 Å². The van der Waals surface area contributed by atoms with Crippen LogP contribution in [0.3, 0.4) is 0 Å². The van der Waals surface area contributed by atoms with Crippen molar-refractivity contribution in [3.63, 3.8) is 0 Å². The maximum absolute atomic E-state index is 13.2. The molecular formula is C22H26N2O2. The van der Waals surface area contributed by atoms with Crippen molar-refractivity contribution in [2.24, 2.45) is 0 Å². The van der Waals surface area contributed by atoms with Crippen molar-refractivity contribution in [1.29, 1.82) is 0 Å². The van der Waals surface area contributed by atoms with Crippen LogP contribution in [0.5, 0.6) is 0 Å². The number of carbonyl (C=O) groups excluding carboxylic acids is 2. The Bertz CT molecular complexity index is 708. The van der Waals surface area contributed by atoms with Crippen LogP contribution in [0, 0.1) is 0 Å². The third-order valence-electron chi connectivity index (χ3n) is 5.46. The van der Waals surface area contributed by atoms with Crippen LogP contribution in [0.15, 0.2) is 60.7 Å². The van der Waals surface area contributed by atoms with Gasteiger partial charge in [0, 0.05) is 0 Å². The zero-order valence-corrected chi connectivity index (χ0v) is 15.8. The van der Waals surface area contributed by atoms with E-state index in [0.717, 1.165) is 11.1 Å². The summed E-state index contributed by atoms with van der Waals surface area (Å²) < 4.78 is 0. The molecule has 3 rings (SSSR count). The predicted octanol–water partition coefficient (Wildman–Crippen LogP) is 3.96. The molecule has 1 aliphatic heterocycles. The maximum atomic E-state index is 13.2. The average Bonchev–Trinajstić information content (AvgIpc) is 2.68. The van der Waals surface area contributed by atoms with Gasteiger partial charge in [0.2, 0.25) is 11.8 Å². The number of amides is 2. The van der Waals surface area contributed by atoms with Gasteiger partial charge in [-0.05, 0) is 38.8 Å². The van der Waals surface area contributed by atoms with E-state index < -0.39 is 12.1 Å². The van der Waals surface area contributed by atoms with Crippen molar-refractivity contribution in [3.05, 3.63) is 71.8 Å². The van der Waals surface area contributed by atoms with Gasteiger partial charge in [-0.1, -0.05) is 60.7 Å². The molecule has 0 unspecified atom stereocenters. The standard InChI is InChI=1S/C22H26N2O2/c1-15(19-11-7-5-8-12-19)23-17(3)22(26)24(18(4)21(23)25)16(2)20-13-9-6-10-14-20/h5-18H,1-4H3/t15-,16-,17+,18+/m0/s1.